The SMILES string of the molecule is Cc1cnc(Cn2c(C(C)C)cnc2SCC(=O)O)cn1. The van der Waals surface area contributed by atoms with Crippen LogP contribution in [0.4, 0.5) is 0 Å². The number of aromatic nitrogens is 4. The van der Waals surface area contributed by atoms with Crippen molar-refractivity contribution in [3.63, 3.8) is 0 Å². The Morgan fingerprint density at radius 3 is 2.62 bits per heavy atom. The van der Waals surface area contributed by atoms with Gasteiger partial charge in [-0.25, -0.2) is 4.98 Å². The van der Waals surface area contributed by atoms with E-state index in [0.717, 1.165) is 17.1 Å². The molecule has 1 N–H and O–H groups in total. The first-order valence-corrected chi connectivity index (χ1v) is 7.63. The average molecular weight is 306 g/mol. The van der Waals surface area contributed by atoms with Crippen molar-refractivity contribution < 1.29 is 9.90 Å². The van der Waals surface area contributed by atoms with E-state index in [0.29, 0.717) is 17.6 Å². The van der Waals surface area contributed by atoms with Gasteiger partial charge in [-0.2, -0.15) is 0 Å². The van der Waals surface area contributed by atoms with Gasteiger partial charge in [0, 0.05) is 18.1 Å². The number of hydrogen-bond acceptors (Lipinski definition) is 5. The van der Waals surface area contributed by atoms with Crippen molar-refractivity contribution in [2.75, 3.05) is 5.75 Å². The molecule has 0 aliphatic heterocycles. The largest absolute Gasteiger partial charge is 0.481 e. The summed E-state index contributed by atoms with van der Waals surface area (Å²) in [5, 5.41) is 9.52. The molecule has 2 rings (SSSR count). The highest BCUT2D eigenvalue weighted by Gasteiger charge is 2.15. The number of imidazole rings is 1. The third-order valence-electron chi connectivity index (χ3n) is 2.92. The summed E-state index contributed by atoms with van der Waals surface area (Å²) in [5.41, 5.74) is 2.76. The number of hydrogen-bond donors (Lipinski definition) is 1. The van der Waals surface area contributed by atoms with Gasteiger partial charge < -0.3 is 9.67 Å². The first kappa shape index (κ1) is 15.5. The number of aliphatic carboxylic acids is 1. The molecule has 7 heteroatoms. The van der Waals surface area contributed by atoms with E-state index < -0.39 is 5.97 Å². The molecule has 0 amide bonds. The number of nitrogens with zero attached hydrogens (tertiary/aromatic N) is 4. The Hall–Kier alpha value is -1.89. The maximum atomic E-state index is 10.7. The molecule has 0 atom stereocenters. The molecule has 0 unspecified atom stereocenters. The molecule has 2 heterocycles. The lowest BCUT2D eigenvalue weighted by atomic mass is 10.1. The van der Waals surface area contributed by atoms with E-state index in [1.54, 1.807) is 18.6 Å². The molecule has 0 radical (unpaired) electrons. The van der Waals surface area contributed by atoms with Crippen molar-refractivity contribution in [2.24, 2.45) is 0 Å². The van der Waals surface area contributed by atoms with E-state index in [-0.39, 0.29) is 5.75 Å². The third kappa shape index (κ3) is 4.04. The lowest BCUT2D eigenvalue weighted by Gasteiger charge is -2.13. The van der Waals surface area contributed by atoms with Crippen molar-refractivity contribution in [3.8, 4) is 0 Å². The van der Waals surface area contributed by atoms with Gasteiger partial charge in [0.25, 0.3) is 0 Å². The molecule has 0 fully saturated rings. The average Bonchev–Trinajstić information content (AvgIpc) is 2.82. The second-order valence-electron chi connectivity index (χ2n) is 5.04. The monoisotopic (exact) mass is 306 g/mol. The molecule has 21 heavy (non-hydrogen) atoms. The Kier molecular flexibility index (Phi) is 4.95. The molecular formula is C14H18N4O2S. The fourth-order valence-corrected chi connectivity index (χ4v) is 2.60. The summed E-state index contributed by atoms with van der Waals surface area (Å²) in [5.74, 6) is -0.556. The third-order valence-corrected chi connectivity index (χ3v) is 3.90. The standard InChI is InChI=1S/C14H18N4O2S/c1-9(2)12-6-17-14(21-8-13(19)20)18(12)7-11-5-15-10(3)4-16-11/h4-6,9H,7-8H2,1-3H3,(H,19,20). The number of rotatable bonds is 6. The zero-order chi connectivity index (χ0) is 15.4. The van der Waals surface area contributed by atoms with Crippen molar-refractivity contribution >= 4 is 17.7 Å². The summed E-state index contributed by atoms with van der Waals surface area (Å²) in [6.07, 6.45) is 5.27. The Balaban J connectivity index is 2.27. The predicted molar refractivity (Wildman–Crippen MR) is 80.5 cm³/mol. The fraction of sp³-hybridized carbons (Fsp3) is 0.429. The van der Waals surface area contributed by atoms with E-state index in [1.165, 1.54) is 11.8 Å². The van der Waals surface area contributed by atoms with Gasteiger partial charge in [0.1, 0.15) is 0 Å². The first-order chi connectivity index (χ1) is 9.97. The minimum atomic E-state index is -0.851. The molecule has 0 aliphatic carbocycles. The second kappa shape index (κ2) is 6.71. The molecule has 0 aliphatic rings. The molecule has 0 saturated carbocycles. The van der Waals surface area contributed by atoms with Crippen LogP contribution in [0.3, 0.4) is 0 Å². The quantitative estimate of drug-likeness (QED) is 0.825. The van der Waals surface area contributed by atoms with Crippen molar-refractivity contribution in [3.05, 3.63) is 35.7 Å². The topological polar surface area (TPSA) is 80.9 Å². The highest BCUT2D eigenvalue weighted by molar-refractivity contribution is 7.99. The Labute approximate surface area is 127 Å². The minimum Gasteiger partial charge on any atom is -0.481 e. The van der Waals surface area contributed by atoms with Crippen LogP contribution in [-0.4, -0.2) is 36.3 Å². The van der Waals surface area contributed by atoms with Crippen LogP contribution in [-0.2, 0) is 11.3 Å². The van der Waals surface area contributed by atoms with Crippen LogP contribution >= 0.6 is 11.8 Å². The summed E-state index contributed by atoms with van der Waals surface area (Å²) in [4.78, 5) is 23.7. The molecule has 0 spiro atoms. The summed E-state index contributed by atoms with van der Waals surface area (Å²) in [6, 6.07) is 0. The number of thioether (sulfide) groups is 1. The number of carbonyl (C=O) groups is 1. The van der Waals surface area contributed by atoms with Gasteiger partial charge in [0.05, 0.1) is 29.9 Å². The summed E-state index contributed by atoms with van der Waals surface area (Å²) in [6.45, 7) is 6.60. The van der Waals surface area contributed by atoms with Gasteiger partial charge >= 0.3 is 5.97 Å². The lowest BCUT2D eigenvalue weighted by Crippen LogP contribution is -2.10. The fourth-order valence-electron chi connectivity index (χ4n) is 1.90. The molecule has 0 bridgehead atoms. The van der Waals surface area contributed by atoms with E-state index in [9.17, 15) is 4.79 Å². The summed E-state index contributed by atoms with van der Waals surface area (Å²) in [7, 11) is 0. The highest BCUT2D eigenvalue weighted by Crippen LogP contribution is 2.24. The van der Waals surface area contributed by atoms with Gasteiger partial charge in [-0.3, -0.25) is 14.8 Å². The summed E-state index contributed by atoms with van der Waals surface area (Å²) >= 11 is 1.22. The zero-order valence-corrected chi connectivity index (χ0v) is 13.1. The van der Waals surface area contributed by atoms with E-state index >= 15 is 0 Å². The Morgan fingerprint density at radius 2 is 2.05 bits per heavy atom. The van der Waals surface area contributed by atoms with E-state index in [2.05, 4.69) is 28.8 Å². The van der Waals surface area contributed by atoms with Gasteiger partial charge in [0.2, 0.25) is 0 Å². The van der Waals surface area contributed by atoms with Crippen molar-refractivity contribution in [1.29, 1.82) is 0 Å². The first-order valence-electron chi connectivity index (χ1n) is 6.65. The van der Waals surface area contributed by atoms with Gasteiger partial charge in [-0.15, -0.1) is 0 Å². The maximum Gasteiger partial charge on any atom is 0.313 e. The molecule has 2 aromatic rings. The lowest BCUT2D eigenvalue weighted by molar-refractivity contribution is -0.133. The zero-order valence-electron chi connectivity index (χ0n) is 12.3. The number of carboxylic acids is 1. The Morgan fingerprint density at radius 1 is 1.29 bits per heavy atom. The van der Waals surface area contributed by atoms with E-state index in [4.69, 9.17) is 5.11 Å². The molecule has 6 nitrogen and oxygen atoms in total. The molecule has 0 aromatic carbocycles. The minimum absolute atomic E-state index is 0.00583. The van der Waals surface area contributed by atoms with E-state index in [1.807, 2.05) is 11.5 Å². The van der Waals surface area contributed by atoms with Crippen molar-refractivity contribution in [2.45, 2.75) is 38.4 Å². The van der Waals surface area contributed by atoms with Crippen LogP contribution in [0.1, 0.15) is 36.8 Å². The molecule has 112 valence electrons. The van der Waals surface area contributed by atoms with Crippen LogP contribution in [0.25, 0.3) is 0 Å². The molecule has 2 aromatic heterocycles. The molecular weight excluding hydrogens is 288 g/mol. The number of carboxylic acid groups (broad SMARTS) is 1. The van der Waals surface area contributed by atoms with Crippen molar-refractivity contribution in [1.82, 2.24) is 19.5 Å². The van der Waals surface area contributed by atoms with Gasteiger partial charge in [0.15, 0.2) is 5.16 Å². The maximum absolute atomic E-state index is 10.7. The van der Waals surface area contributed by atoms with Crippen LogP contribution in [0.2, 0.25) is 0 Å². The van der Waals surface area contributed by atoms with Crippen LogP contribution in [0.15, 0.2) is 23.7 Å². The molecule has 0 saturated heterocycles. The number of aryl methyl sites for hydroxylation is 1. The highest BCUT2D eigenvalue weighted by atomic mass is 32.2. The smallest absolute Gasteiger partial charge is 0.313 e. The normalized spacial score (nSPS) is 11.0. The van der Waals surface area contributed by atoms with Gasteiger partial charge in [-0.1, -0.05) is 25.6 Å². The Bertz CT molecular complexity index is 622. The van der Waals surface area contributed by atoms with Crippen LogP contribution < -0.4 is 0 Å². The second-order valence-corrected chi connectivity index (χ2v) is 5.98. The van der Waals surface area contributed by atoms with Crippen LogP contribution in [0.5, 0.6) is 0 Å². The van der Waals surface area contributed by atoms with Crippen LogP contribution in [0, 0.1) is 6.92 Å². The van der Waals surface area contributed by atoms with Gasteiger partial charge in [-0.05, 0) is 12.8 Å². The predicted octanol–water partition coefficient (Wildman–Crippen LogP) is 2.33. The summed E-state index contributed by atoms with van der Waals surface area (Å²) < 4.78 is 2.01.